The van der Waals surface area contributed by atoms with Crippen LogP contribution >= 0.6 is 0 Å². The van der Waals surface area contributed by atoms with Crippen LogP contribution in [0.25, 0.3) is 0 Å². The van der Waals surface area contributed by atoms with E-state index in [2.05, 4.69) is 16.0 Å². The molecule has 2 unspecified atom stereocenters. The molecule has 0 saturated carbocycles. The number of hydrogen-bond donors (Lipinski definition) is 3. The third-order valence-electron chi connectivity index (χ3n) is 3.30. The van der Waals surface area contributed by atoms with Crippen LogP contribution in [0.1, 0.15) is 46.5 Å². The van der Waals surface area contributed by atoms with Gasteiger partial charge in [0, 0.05) is 19.0 Å². The van der Waals surface area contributed by atoms with Crippen molar-refractivity contribution in [2.24, 2.45) is 5.92 Å². The van der Waals surface area contributed by atoms with Gasteiger partial charge in [-0.1, -0.05) is 20.3 Å². The van der Waals surface area contributed by atoms with Crippen LogP contribution in [0, 0.1) is 5.92 Å². The number of carbonyl (C=O) groups excluding carboxylic acids is 2. The van der Waals surface area contributed by atoms with Crippen molar-refractivity contribution in [1.82, 2.24) is 16.0 Å². The number of hydrogen-bond acceptors (Lipinski definition) is 3. The Morgan fingerprint density at radius 2 is 2.00 bits per heavy atom. The zero-order valence-electron chi connectivity index (χ0n) is 12.3. The molecule has 0 aromatic carbocycles. The molecule has 0 spiro atoms. The van der Waals surface area contributed by atoms with Gasteiger partial charge in [0.05, 0.1) is 0 Å². The van der Waals surface area contributed by atoms with E-state index >= 15 is 0 Å². The van der Waals surface area contributed by atoms with Crippen molar-refractivity contribution >= 4 is 11.8 Å². The van der Waals surface area contributed by atoms with Crippen LogP contribution < -0.4 is 16.0 Å². The lowest BCUT2D eigenvalue weighted by atomic mass is 10.0. The van der Waals surface area contributed by atoms with E-state index in [0.717, 1.165) is 13.0 Å². The van der Waals surface area contributed by atoms with E-state index in [9.17, 15) is 9.59 Å². The van der Waals surface area contributed by atoms with Crippen LogP contribution in [0.5, 0.6) is 0 Å². The van der Waals surface area contributed by atoms with Gasteiger partial charge >= 0.3 is 0 Å². The summed E-state index contributed by atoms with van der Waals surface area (Å²) in [6.45, 7) is 7.43. The molecule has 0 aliphatic carbocycles. The van der Waals surface area contributed by atoms with E-state index in [1.165, 1.54) is 12.8 Å². The summed E-state index contributed by atoms with van der Waals surface area (Å²) >= 11 is 0. The molecule has 5 heteroatoms. The molecule has 1 aliphatic rings. The minimum atomic E-state index is -0.463. The van der Waals surface area contributed by atoms with Gasteiger partial charge in [-0.05, 0) is 32.2 Å². The minimum absolute atomic E-state index is 0.0494. The Morgan fingerprint density at radius 3 is 2.58 bits per heavy atom. The minimum Gasteiger partial charge on any atom is -0.354 e. The highest BCUT2D eigenvalue weighted by molar-refractivity contribution is 5.87. The van der Waals surface area contributed by atoms with Gasteiger partial charge in [-0.25, -0.2) is 0 Å². The number of piperidine rings is 1. The molecule has 1 fully saturated rings. The summed E-state index contributed by atoms with van der Waals surface area (Å²) in [5.41, 5.74) is 0. The molecule has 0 aromatic heterocycles. The summed E-state index contributed by atoms with van der Waals surface area (Å²) in [7, 11) is 0. The predicted molar refractivity (Wildman–Crippen MR) is 75.7 cm³/mol. The van der Waals surface area contributed by atoms with E-state index in [0.29, 0.717) is 18.9 Å². The molecular formula is C14H27N3O2. The molecule has 2 atom stereocenters. The van der Waals surface area contributed by atoms with Gasteiger partial charge in [-0.3, -0.25) is 9.59 Å². The van der Waals surface area contributed by atoms with E-state index in [-0.39, 0.29) is 17.9 Å². The molecule has 0 radical (unpaired) electrons. The third-order valence-corrected chi connectivity index (χ3v) is 3.30. The first-order chi connectivity index (χ1) is 8.99. The summed E-state index contributed by atoms with van der Waals surface area (Å²) in [6.07, 6.45) is 3.87. The molecule has 0 bridgehead atoms. The lowest BCUT2D eigenvalue weighted by molar-refractivity contribution is -0.129. The average molecular weight is 269 g/mol. The van der Waals surface area contributed by atoms with E-state index < -0.39 is 6.04 Å². The second-order valence-electron chi connectivity index (χ2n) is 5.78. The Balaban J connectivity index is 2.24. The summed E-state index contributed by atoms with van der Waals surface area (Å²) in [6, 6.07) is -0.200. The average Bonchev–Trinajstić information content (AvgIpc) is 2.36. The maximum absolute atomic E-state index is 11.8. The lowest BCUT2D eigenvalue weighted by Crippen LogP contribution is -2.47. The molecule has 1 rings (SSSR count). The van der Waals surface area contributed by atoms with Gasteiger partial charge in [0.25, 0.3) is 0 Å². The predicted octanol–water partition coefficient (Wildman–Crippen LogP) is 0.796. The van der Waals surface area contributed by atoms with Gasteiger partial charge in [-0.15, -0.1) is 0 Å². The number of amides is 2. The van der Waals surface area contributed by atoms with Gasteiger partial charge in [0.1, 0.15) is 6.04 Å². The van der Waals surface area contributed by atoms with Gasteiger partial charge in [0.15, 0.2) is 0 Å². The van der Waals surface area contributed by atoms with Crippen molar-refractivity contribution in [3.8, 4) is 0 Å². The number of rotatable bonds is 6. The third kappa shape index (κ3) is 6.57. The van der Waals surface area contributed by atoms with Crippen LogP contribution in [-0.2, 0) is 9.59 Å². The molecular weight excluding hydrogens is 242 g/mol. The molecule has 1 heterocycles. The van der Waals surface area contributed by atoms with Crippen molar-refractivity contribution in [3.63, 3.8) is 0 Å². The zero-order chi connectivity index (χ0) is 14.3. The Labute approximate surface area is 115 Å². The fourth-order valence-corrected chi connectivity index (χ4v) is 2.15. The molecule has 2 amide bonds. The van der Waals surface area contributed by atoms with Crippen LogP contribution in [0.4, 0.5) is 0 Å². The van der Waals surface area contributed by atoms with Crippen LogP contribution in [-0.4, -0.2) is 37.0 Å². The first kappa shape index (κ1) is 16.0. The number of carbonyl (C=O) groups is 2. The van der Waals surface area contributed by atoms with Gasteiger partial charge < -0.3 is 16.0 Å². The van der Waals surface area contributed by atoms with Gasteiger partial charge in [-0.2, -0.15) is 0 Å². The lowest BCUT2D eigenvalue weighted by Gasteiger charge is -2.23. The van der Waals surface area contributed by atoms with E-state index in [4.69, 9.17) is 0 Å². The second kappa shape index (κ2) is 8.15. The molecule has 5 nitrogen and oxygen atoms in total. The van der Waals surface area contributed by atoms with Crippen molar-refractivity contribution in [3.05, 3.63) is 0 Å². The molecule has 1 aliphatic heterocycles. The topological polar surface area (TPSA) is 70.2 Å². The first-order valence-corrected chi connectivity index (χ1v) is 7.29. The quantitative estimate of drug-likeness (QED) is 0.668. The Bertz CT molecular complexity index is 299. The maximum atomic E-state index is 11.8. The highest BCUT2D eigenvalue weighted by Gasteiger charge is 2.19. The van der Waals surface area contributed by atoms with Crippen LogP contribution in [0.15, 0.2) is 0 Å². The Morgan fingerprint density at radius 1 is 1.26 bits per heavy atom. The largest absolute Gasteiger partial charge is 0.354 e. The SMILES string of the molecule is CC(C)CNC(=O)C(C)NC(=O)CC1CCCCN1. The summed E-state index contributed by atoms with van der Waals surface area (Å²) in [5, 5.41) is 8.91. The standard InChI is InChI=1S/C14H27N3O2/c1-10(2)9-16-14(19)11(3)17-13(18)8-12-6-4-5-7-15-12/h10-12,15H,4-9H2,1-3H3,(H,16,19)(H,17,18). The zero-order valence-corrected chi connectivity index (χ0v) is 12.3. The van der Waals surface area contributed by atoms with Crippen LogP contribution in [0.3, 0.4) is 0 Å². The first-order valence-electron chi connectivity index (χ1n) is 7.29. The Hall–Kier alpha value is -1.10. The monoisotopic (exact) mass is 269 g/mol. The van der Waals surface area contributed by atoms with Crippen LogP contribution in [0.2, 0.25) is 0 Å². The fourth-order valence-electron chi connectivity index (χ4n) is 2.15. The van der Waals surface area contributed by atoms with Crippen molar-refractivity contribution in [2.75, 3.05) is 13.1 Å². The van der Waals surface area contributed by atoms with Crippen molar-refractivity contribution in [2.45, 2.75) is 58.5 Å². The maximum Gasteiger partial charge on any atom is 0.242 e. The molecule has 1 saturated heterocycles. The van der Waals surface area contributed by atoms with Crippen molar-refractivity contribution in [1.29, 1.82) is 0 Å². The fraction of sp³-hybridized carbons (Fsp3) is 0.857. The normalized spacial score (nSPS) is 20.9. The summed E-state index contributed by atoms with van der Waals surface area (Å²) in [4.78, 5) is 23.6. The summed E-state index contributed by atoms with van der Waals surface area (Å²) < 4.78 is 0. The van der Waals surface area contributed by atoms with Gasteiger partial charge in [0.2, 0.25) is 11.8 Å². The molecule has 0 aromatic rings. The van der Waals surface area contributed by atoms with E-state index in [1.807, 2.05) is 13.8 Å². The molecule has 3 N–H and O–H groups in total. The summed E-state index contributed by atoms with van der Waals surface area (Å²) in [5.74, 6) is 0.253. The highest BCUT2D eigenvalue weighted by Crippen LogP contribution is 2.09. The van der Waals surface area contributed by atoms with E-state index in [1.54, 1.807) is 6.92 Å². The highest BCUT2D eigenvalue weighted by atomic mass is 16.2. The van der Waals surface area contributed by atoms with Crippen molar-refractivity contribution < 1.29 is 9.59 Å². The smallest absolute Gasteiger partial charge is 0.242 e. The molecule has 110 valence electrons. The molecule has 19 heavy (non-hydrogen) atoms. The number of nitrogens with one attached hydrogen (secondary N) is 3. The Kier molecular flexibility index (Phi) is 6.84. The second-order valence-corrected chi connectivity index (χ2v) is 5.78.